The van der Waals surface area contributed by atoms with E-state index in [2.05, 4.69) is 29.0 Å². The number of carbonyl (C=O) groups excluding carboxylic acids is 1. The van der Waals surface area contributed by atoms with E-state index in [0.29, 0.717) is 11.6 Å². The van der Waals surface area contributed by atoms with Crippen molar-refractivity contribution in [3.8, 4) is 0 Å². The quantitative estimate of drug-likeness (QED) is 0.407. The van der Waals surface area contributed by atoms with Gasteiger partial charge in [0.2, 0.25) is 0 Å². The minimum absolute atomic E-state index is 0. The van der Waals surface area contributed by atoms with Gasteiger partial charge in [-0.3, -0.25) is 0 Å². The molecule has 0 aliphatic heterocycles. The Kier molecular flexibility index (Phi) is 6.06. The van der Waals surface area contributed by atoms with E-state index >= 15 is 0 Å². The standard InChI is InChI=1S/C18H25N2O2.HI/c1-4-19-13(2)20(15-8-6-5-7-9-15)16-11-10-14(12-17(16)19)18(21)22-3;/h10-12,15H,4-9H2,1-3H3;1H/q+1;/p-1. The van der Waals surface area contributed by atoms with Crippen LogP contribution in [0.3, 0.4) is 0 Å². The van der Waals surface area contributed by atoms with Crippen molar-refractivity contribution < 1.29 is 38.1 Å². The molecule has 1 aromatic heterocycles. The summed E-state index contributed by atoms with van der Waals surface area (Å²) >= 11 is 0. The topological polar surface area (TPSA) is 35.1 Å². The first-order valence-electron chi connectivity index (χ1n) is 8.30. The average molecular weight is 428 g/mol. The Bertz CT molecular complexity index is 703. The van der Waals surface area contributed by atoms with Gasteiger partial charge in [0.1, 0.15) is 6.04 Å². The Morgan fingerprint density at radius 2 is 2.00 bits per heavy atom. The van der Waals surface area contributed by atoms with Crippen molar-refractivity contribution in [1.29, 1.82) is 0 Å². The number of esters is 1. The summed E-state index contributed by atoms with van der Waals surface area (Å²) in [7, 11) is 1.43. The molecule has 23 heavy (non-hydrogen) atoms. The van der Waals surface area contributed by atoms with E-state index in [4.69, 9.17) is 4.74 Å². The smallest absolute Gasteiger partial charge is 0.338 e. The van der Waals surface area contributed by atoms with Crippen LogP contribution in [0.5, 0.6) is 0 Å². The molecule has 3 rings (SSSR count). The van der Waals surface area contributed by atoms with E-state index in [-0.39, 0.29) is 29.9 Å². The number of rotatable bonds is 3. The highest BCUT2D eigenvalue weighted by Gasteiger charge is 2.28. The summed E-state index contributed by atoms with van der Waals surface area (Å²) in [6.07, 6.45) is 6.50. The molecule has 4 nitrogen and oxygen atoms in total. The predicted octanol–water partition coefficient (Wildman–Crippen LogP) is 0.553. The van der Waals surface area contributed by atoms with Crippen molar-refractivity contribution >= 4 is 17.0 Å². The molecular weight excluding hydrogens is 403 g/mol. The zero-order chi connectivity index (χ0) is 15.7. The van der Waals surface area contributed by atoms with Crippen LogP contribution >= 0.6 is 0 Å². The van der Waals surface area contributed by atoms with Gasteiger partial charge in [-0.05, 0) is 44.7 Å². The summed E-state index contributed by atoms with van der Waals surface area (Å²) in [6, 6.07) is 6.52. The normalized spacial score (nSPS) is 15.4. The number of hydrogen-bond acceptors (Lipinski definition) is 2. The molecule has 1 fully saturated rings. The van der Waals surface area contributed by atoms with Crippen LogP contribution in [-0.2, 0) is 11.3 Å². The van der Waals surface area contributed by atoms with Gasteiger partial charge in [-0.25, -0.2) is 13.9 Å². The van der Waals surface area contributed by atoms with Gasteiger partial charge in [0, 0.05) is 13.0 Å². The molecule has 0 unspecified atom stereocenters. The second kappa shape index (κ2) is 7.64. The molecule has 1 aliphatic rings. The molecule has 126 valence electrons. The number of carbonyl (C=O) groups is 1. The van der Waals surface area contributed by atoms with Crippen LogP contribution in [0, 0.1) is 6.92 Å². The van der Waals surface area contributed by atoms with Crippen molar-refractivity contribution in [2.24, 2.45) is 0 Å². The lowest BCUT2D eigenvalue weighted by atomic mass is 9.95. The Hall–Kier alpha value is -1.11. The first-order chi connectivity index (χ1) is 10.7. The molecule has 0 radical (unpaired) electrons. The molecule has 1 aliphatic carbocycles. The molecule has 0 bridgehead atoms. The SMILES string of the molecule is CCn1c(C)[n+](C2CCCCC2)c2ccc(C(=O)OC)cc21.[I-]. The monoisotopic (exact) mass is 428 g/mol. The number of ether oxygens (including phenoxy) is 1. The number of benzene rings is 1. The number of halogens is 1. The molecular formula is C18H25IN2O2. The first-order valence-corrected chi connectivity index (χ1v) is 8.30. The second-order valence-corrected chi connectivity index (χ2v) is 6.15. The van der Waals surface area contributed by atoms with Crippen LogP contribution in [0.1, 0.15) is 61.3 Å². The number of aryl methyl sites for hydroxylation is 1. The fraction of sp³-hybridized carbons (Fsp3) is 0.556. The van der Waals surface area contributed by atoms with E-state index < -0.39 is 0 Å². The van der Waals surface area contributed by atoms with Gasteiger partial charge in [-0.1, -0.05) is 6.42 Å². The molecule has 5 heteroatoms. The number of methoxy groups -OCH3 is 1. The van der Waals surface area contributed by atoms with Gasteiger partial charge in [0.15, 0.2) is 11.0 Å². The molecule has 0 amide bonds. The average Bonchev–Trinajstić information content (AvgIpc) is 2.85. The van der Waals surface area contributed by atoms with Crippen LogP contribution in [0.2, 0.25) is 0 Å². The van der Waals surface area contributed by atoms with E-state index in [1.807, 2.05) is 12.1 Å². The van der Waals surface area contributed by atoms with Crippen LogP contribution in [-0.4, -0.2) is 17.6 Å². The van der Waals surface area contributed by atoms with Crippen molar-refractivity contribution in [3.63, 3.8) is 0 Å². The lowest BCUT2D eigenvalue weighted by Crippen LogP contribution is -3.00. The van der Waals surface area contributed by atoms with Crippen LogP contribution < -0.4 is 28.5 Å². The van der Waals surface area contributed by atoms with Crippen molar-refractivity contribution in [3.05, 3.63) is 29.6 Å². The van der Waals surface area contributed by atoms with Gasteiger partial charge in [0.25, 0.3) is 5.82 Å². The fourth-order valence-electron chi connectivity index (χ4n) is 3.87. The Morgan fingerprint density at radius 1 is 1.30 bits per heavy atom. The predicted molar refractivity (Wildman–Crippen MR) is 86.0 cm³/mol. The van der Waals surface area contributed by atoms with Crippen LogP contribution in [0.4, 0.5) is 0 Å². The van der Waals surface area contributed by atoms with Crippen LogP contribution in [0.25, 0.3) is 11.0 Å². The Morgan fingerprint density at radius 3 is 2.61 bits per heavy atom. The van der Waals surface area contributed by atoms with E-state index in [1.54, 1.807) is 0 Å². The number of imidazole rings is 1. The number of nitrogens with zero attached hydrogens (tertiary/aromatic N) is 2. The maximum atomic E-state index is 11.8. The Labute approximate surface area is 154 Å². The summed E-state index contributed by atoms with van der Waals surface area (Å²) < 4.78 is 9.64. The summed E-state index contributed by atoms with van der Waals surface area (Å²) in [5, 5.41) is 0. The zero-order valence-corrected chi connectivity index (χ0v) is 16.3. The maximum Gasteiger partial charge on any atom is 0.338 e. The second-order valence-electron chi connectivity index (χ2n) is 6.15. The zero-order valence-electron chi connectivity index (χ0n) is 14.1. The minimum Gasteiger partial charge on any atom is -1.00 e. The van der Waals surface area contributed by atoms with Gasteiger partial charge >= 0.3 is 5.97 Å². The molecule has 1 saturated carbocycles. The highest BCUT2D eigenvalue weighted by atomic mass is 127. The van der Waals surface area contributed by atoms with E-state index in [9.17, 15) is 4.79 Å². The van der Waals surface area contributed by atoms with E-state index in [1.165, 1.54) is 50.6 Å². The highest BCUT2D eigenvalue weighted by Crippen LogP contribution is 2.27. The van der Waals surface area contributed by atoms with Crippen LogP contribution in [0.15, 0.2) is 18.2 Å². The molecule has 2 aromatic rings. The maximum absolute atomic E-state index is 11.8. The minimum atomic E-state index is -0.271. The lowest BCUT2D eigenvalue weighted by molar-refractivity contribution is -0.707. The summed E-state index contributed by atoms with van der Waals surface area (Å²) in [5.74, 6) is 1.01. The van der Waals surface area contributed by atoms with Crippen molar-refractivity contribution in [1.82, 2.24) is 4.57 Å². The molecule has 1 heterocycles. The van der Waals surface area contributed by atoms with Gasteiger partial charge in [0.05, 0.1) is 19.2 Å². The third kappa shape index (κ3) is 3.25. The molecule has 0 atom stereocenters. The Balaban J connectivity index is 0.00000192. The largest absolute Gasteiger partial charge is 1.00 e. The summed E-state index contributed by atoms with van der Waals surface area (Å²) in [6.45, 7) is 5.26. The third-order valence-corrected chi connectivity index (χ3v) is 4.94. The van der Waals surface area contributed by atoms with Crippen molar-refractivity contribution in [2.75, 3.05) is 7.11 Å². The molecule has 1 aromatic carbocycles. The fourth-order valence-corrected chi connectivity index (χ4v) is 3.87. The first kappa shape index (κ1) is 18.2. The highest BCUT2D eigenvalue weighted by molar-refractivity contribution is 5.93. The molecule has 0 spiro atoms. The third-order valence-electron chi connectivity index (χ3n) is 4.94. The summed E-state index contributed by atoms with van der Waals surface area (Å²) in [5.41, 5.74) is 2.99. The number of fused-ring (bicyclic) bond motifs is 1. The van der Waals surface area contributed by atoms with Gasteiger partial charge < -0.3 is 28.7 Å². The van der Waals surface area contributed by atoms with E-state index in [0.717, 1.165) is 12.1 Å². The van der Waals surface area contributed by atoms with Gasteiger partial charge in [-0.2, -0.15) is 0 Å². The molecule has 0 saturated heterocycles. The number of aromatic nitrogens is 2. The lowest BCUT2D eigenvalue weighted by Gasteiger charge is -2.20. The number of hydrogen-bond donors (Lipinski definition) is 0. The van der Waals surface area contributed by atoms with Crippen molar-refractivity contribution in [2.45, 2.75) is 58.5 Å². The molecule has 0 N–H and O–H groups in total. The summed E-state index contributed by atoms with van der Waals surface area (Å²) in [4.78, 5) is 11.8. The van der Waals surface area contributed by atoms with Gasteiger partial charge in [-0.15, -0.1) is 0 Å².